The number of hydrogen-bond donors (Lipinski definition) is 2. The summed E-state index contributed by atoms with van der Waals surface area (Å²) in [4.78, 5) is 0. The van der Waals surface area contributed by atoms with Crippen LogP contribution in [0, 0.1) is 0 Å². The van der Waals surface area contributed by atoms with Crippen molar-refractivity contribution in [2.24, 2.45) is 0 Å². The Hall–Kier alpha value is -1.35. The van der Waals surface area contributed by atoms with Crippen LogP contribution in [0.4, 0.5) is 5.69 Å². The first kappa shape index (κ1) is 16.0. The number of ether oxygens (including phenoxy) is 2. The first-order chi connectivity index (χ1) is 10.0. The molecular formula is C13H20N2O5S. The monoisotopic (exact) mass is 316 g/mol. The topological polar surface area (TPSA) is 102 Å². The molecule has 118 valence electrons. The number of anilines is 1. The van der Waals surface area contributed by atoms with Gasteiger partial charge >= 0.3 is 0 Å². The lowest BCUT2D eigenvalue weighted by atomic mass is 10.3. The normalized spacial score (nSPS) is 20.3. The summed E-state index contributed by atoms with van der Waals surface area (Å²) < 4.78 is 36.4. The maximum Gasteiger partial charge on any atom is 0.217 e. The van der Waals surface area contributed by atoms with E-state index in [1.807, 2.05) is 0 Å². The van der Waals surface area contributed by atoms with Crippen molar-refractivity contribution in [3.63, 3.8) is 0 Å². The molecule has 1 saturated heterocycles. The number of nitrogen functional groups attached to an aromatic ring is 1. The van der Waals surface area contributed by atoms with Crippen molar-refractivity contribution in [3.05, 3.63) is 24.3 Å². The second-order valence-corrected chi connectivity index (χ2v) is 6.77. The first-order valence-electron chi connectivity index (χ1n) is 6.70. The van der Waals surface area contributed by atoms with Crippen LogP contribution in [-0.2, 0) is 14.8 Å². The number of hydrogen-bond acceptors (Lipinski definition) is 6. The number of benzene rings is 1. The lowest BCUT2D eigenvalue weighted by Crippen LogP contribution is -2.51. The highest BCUT2D eigenvalue weighted by Crippen LogP contribution is 2.20. The Labute approximate surface area is 124 Å². The fraction of sp³-hybridized carbons (Fsp3) is 0.538. The molecule has 0 spiro atoms. The van der Waals surface area contributed by atoms with E-state index in [0.717, 1.165) is 0 Å². The van der Waals surface area contributed by atoms with Gasteiger partial charge in [0.25, 0.3) is 0 Å². The zero-order valence-corrected chi connectivity index (χ0v) is 12.5. The molecule has 1 aliphatic rings. The van der Waals surface area contributed by atoms with Crippen molar-refractivity contribution in [3.8, 4) is 5.75 Å². The molecule has 1 aromatic carbocycles. The highest BCUT2D eigenvalue weighted by molar-refractivity contribution is 7.89. The molecule has 0 aromatic heterocycles. The van der Waals surface area contributed by atoms with E-state index >= 15 is 0 Å². The number of aliphatic hydroxyl groups is 1. The van der Waals surface area contributed by atoms with Crippen LogP contribution in [0.1, 0.15) is 0 Å². The van der Waals surface area contributed by atoms with Crippen LogP contribution in [0.2, 0.25) is 0 Å². The molecule has 0 radical (unpaired) electrons. The standard InChI is InChI=1S/C13H20N2O5S/c14-12-3-1-2-4-13(12)20-7-8-21(17,18)15-5-6-19-10-11(15)9-16/h1-4,11,16H,5-10,14H2. The molecule has 2 rings (SSSR count). The van der Waals surface area contributed by atoms with Crippen LogP contribution < -0.4 is 10.5 Å². The maximum atomic E-state index is 12.3. The van der Waals surface area contributed by atoms with Crippen LogP contribution in [-0.4, -0.2) is 62.6 Å². The SMILES string of the molecule is Nc1ccccc1OCCS(=O)(=O)N1CCOCC1CO. The van der Waals surface area contributed by atoms with Crippen molar-refractivity contribution in [2.45, 2.75) is 6.04 Å². The van der Waals surface area contributed by atoms with Gasteiger partial charge in [-0.05, 0) is 12.1 Å². The van der Waals surface area contributed by atoms with E-state index in [0.29, 0.717) is 18.0 Å². The molecule has 0 amide bonds. The van der Waals surface area contributed by atoms with Gasteiger partial charge in [0.2, 0.25) is 10.0 Å². The van der Waals surface area contributed by atoms with Crippen LogP contribution in [0.5, 0.6) is 5.75 Å². The van der Waals surface area contributed by atoms with E-state index in [9.17, 15) is 13.5 Å². The largest absolute Gasteiger partial charge is 0.490 e. The molecule has 0 bridgehead atoms. The maximum absolute atomic E-state index is 12.3. The van der Waals surface area contributed by atoms with Crippen LogP contribution in [0.25, 0.3) is 0 Å². The Balaban J connectivity index is 1.93. The minimum absolute atomic E-state index is 0.00600. The molecule has 7 nitrogen and oxygen atoms in total. The number of sulfonamides is 1. The molecular weight excluding hydrogens is 296 g/mol. The molecule has 8 heteroatoms. The quantitative estimate of drug-likeness (QED) is 0.697. The summed E-state index contributed by atoms with van der Waals surface area (Å²) >= 11 is 0. The summed E-state index contributed by atoms with van der Waals surface area (Å²) in [6, 6.07) is 6.40. The molecule has 21 heavy (non-hydrogen) atoms. The third-order valence-electron chi connectivity index (χ3n) is 3.26. The fourth-order valence-electron chi connectivity index (χ4n) is 2.14. The van der Waals surface area contributed by atoms with Crippen LogP contribution in [0.3, 0.4) is 0 Å². The number of aliphatic hydroxyl groups excluding tert-OH is 1. The number of rotatable bonds is 6. The molecule has 0 saturated carbocycles. The second kappa shape index (κ2) is 7.08. The van der Waals surface area contributed by atoms with E-state index in [2.05, 4.69) is 0 Å². The molecule has 1 unspecified atom stereocenters. The first-order valence-corrected chi connectivity index (χ1v) is 8.31. The van der Waals surface area contributed by atoms with Gasteiger partial charge in [0.05, 0.1) is 37.3 Å². The summed E-state index contributed by atoms with van der Waals surface area (Å²) in [5.74, 6) is 0.297. The molecule has 1 aromatic rings. The zero-order valence-electron chi connectivity index (χ0n) is 11.6. The van der Waals surface area contributed by atoms with Gasteiger partial charge in [0.15, 0.2) is 0 Å². The predicted octanol–water partition coefficient (Wildman–Crippen LogP) is -0.329. The van der Waals surface area contributed by atoms with Crippen LogP contribution in [0.15, 0.2) is 24.3 Å². The van der Waals surface area contributed by atoms with Gasteiger partial charge in [-0.3, -0.25) is 0 Å². The molecule has 1 aliphatic heterocycles. The summed E-state index contributed by atoms with van der Waals surface area (Å²) in [5, 5.41) is 9.23. The van der Waals surface area contributed by atoms with Crippen molar-refractivity contribution in [1.82, 2.24) is 4.31 Å². The van der Waals surface area contributed by atoms with Crippen LogP contribution >= 0.6 is 0 Å². The average Bonchev–Trinajstić information content (AvgIpc) is 2.49. The third-order valence-corrected chi connectivity index (χ3v) is 5.14. The van der Waals surface area contributed by atoms with E-state index < -0.39 is 16.1 Å². The minimum Gasteiger partial charge on any atom is -0.490 e. The fourth-order valence-corrected chi connectivity index (χ4v) is 3.60. The molecule has 1 fully saturated rings. The van der Waals surface area contributed by atoms with Gasteiger partial charge < -0.3 is 20.3 Å². The van der Waals surface area contributed by atoms with E-state index in [4.69, 9.17) is 15.2 Å². The molecule has 0 aliphatic carbocycles. The highest BCUT2D eigenvalue weighted by atomic mass is 32.2. The van der Waals surface area contributed by atoms with Crippen molar-refractivity contribution in [1.29, 1.82) is 0 Å². The average molecular weight is 316 g/mol. The lowest BCUT2D eigenvalue weighted by Gasteiger charge is -2.33. The van der Waals surface area contributed by atoms with Gasteiger partial charge in [-0.25, -0.2) is 8.42 Å². The third kappa shape index (κ3) is 4.07. The molecule has 3 N–H and O–H groups in total. The minimum atomic E-state index is -3.50. The summed E-state index contributed by atoms with van der Waals surface area (Å²) in [7, 11) is -3.50. The predicted molar refractivity (Wildman–Crippen MR) is 78.5 cm³/mol. The van der Waals surface area contributed by atoms with E-state index in [1.54, 1.807) is 24.3 Å². The highest BCUT2D eigenvalue weighted by Gasteiger charge is 2.32. The Bertz CT molecular complexity index is 563. The molecule has 1 atom stereocenters. The lowest BCUT2D eigenvalue weighted by molar-refractivity contribution is 0.0108. The number of para-hydroxylation sites is 2. The van der Waals surface area contributed by atoms with Crippen molar-refractivity contribution in [2.75, 3.05) is 44.5 Å². The van der Waals surface area contributed by atoms with Gasteiger partial charge in [0.1, 0.15) is 12.4 Å². The van der Waals surface area contributed by atoms with Gasteiger partial charge in [0, 0.05) is 6.54 Å². The Kier molecular flexibility index (Phi) is 5.40. The second-order valence-electron chi connectivity index (χ2n) is 4.72. The smallest absolute Gasteiger partial charge is 0.217 e. The van der Waals surface area contributed by atoms with Crippen molar-refractivity contribution < 1.29 is 23.0 Å². The Morgan fingerprint density at radius 2 is 2.19 bits per heavy atom. The van der Waals surface area contributed by atoms with E-state index in [-0.39, 0.29) is 32.1 Å². The summed E-state index contributed by atoms with van der Waals surface area (Å²) in [6.07, 6.45) is 0. The van der Waals surface area contributed by atoms with Gasteiger partial charge in [-0.2, -0.15) is 4.31 Å². The molecule has 1 heterocycles. The number of nitrogens with zero attached hydrogens (tertiary/aromatic N) is 1. The summed E-state index contributed by atoms with van der Waals surface area (Å²) in [6.45, 7) is 0.545. The van der Waals surface area contributed by atoms with Gasteiger partial charge in [-0.1, -0.05) is 12.1 Å². The van der Waals surface area contributed by atoms with Gasteiger partial charge in [-0.15, -0.1) is 0 Å². The Morgan fingerprint density at radius 3 is 2.90 bits per heavy atom. The van der Waals surface area contributed by atoms with Crippen molar-refractivity contribution >= 4 is 15.7 Å². The number of nitrogens with two attached hydrogens (primary N) is 1. The summed E-state index contributed by atoms with van der Waals surface area (Å²) in [5.41, 5.74) is 6.19. The number of morpholine rings is 1. The zero-order chi connectivity index (χ0) is 15.3. The van der Waals surface area contributed by atoms with E-state index in [1.165, 1.54) is 4.31 Å². The Morgan fingerprint density at radius 1 is 1.43 bits per heavy atom.